The summed E-state index contributed by atoms with van der Waals surface area (Å²) in [7, 11) is 0.610. The molecule has 0 saturated heterocycles. The Bertz CT molecular complexity index is 265. The van der Waals surface area contributed by atoms with Crippen LogP contribution in [0.5, 0.6) is 0 Å². The molecule has 1 nitrogen and oxygen atoms in total. The second kappa shape index (κ2) is 3.64. The summed E-state index contributed by atoms with van der Waals surface area (Å²) >= 11 is 0. The lowest BCUT2D eigenvalue weighted by Crippen LogP contribution is -2.20. The zero-order valence-electron chi connectivity index (χ0n) is 9.89. The first kappa shape index (κ1) is 10.7. The lowest BCUT2D eigenvalue weighted by molar-refractivity contribution is 0.657. The highest BCUT2D eigenvalue weighted by atomic mass is 32.2. The Balaban J connectivity index is 2.08. The van der Waals surface area contributed by atoms with Crippen LogP contribution in [0.15, 0.2) is 0 Å². The van der Waals surface area contributed by atoms with Crippen LogP contribution in [-0.4, -0.2) is 22.5 Å². The van der Waals surface area contributed by atoms with Gasteiger partial charge in [0.15, 0.2) is 0 Å². The molecule has 0 aromatic rings. The molecule has 0 aromatic carbocycles. The first-order valence-corrected chi connectivity index (χ1v) is 7.26. The third kappa shape index (κ3) is 2.06. The van der Waals surface area contributed by atoms with Crippen LogP contribution in [0.3, 0.4) is 0 Å². The lowest BCUT2D eigenvalue weighted by atomic mass is 10.1. The third-order valence-electron chi connectivity index (χ3n) is 3.32. The Morgan fingerprint density at radius 1 is 1.50 bits per heavy atom. The van der Waals surface area contributed by atoms with Gasteiger partial charge in [0.05, 0.1) is 0 Å². The summed E-state index contributed by atoms with van der Waals surface area (Å²) in [6.07, 6.45) is 2.76. The minimum absolute atomic E-state index is 0.610. The van der Waals surface area contributed by atoms with Crippen LogP contribution < -0.4 is 5.32 Å². The van der Waals surface area contributed by atoms with E-state index in [1.807, 2.05) is 0 Å². The third-order valence-corrected chi connectivity index (χ3v) is 6.40. The highest BCUT2D eigenvalue weighted by molar-refractivity contribution is 8.17. The summed E-state index contributed by atoms with van der Waals surface area (Å²) in [5.74, 6) is 2.23. The van der Waals surface area contributed by atoms with Gasteiger partial charge < -0.3 is 0 Å². The minimum Gasteiger partial charge on any atom is -0.287 e. The second-order valence-electron chi connectivity index (χ2n) is 5.76. The lowest BCUT2D eigenvalue weighted by Gasteiger charge is -2.12. The maximum absolute atomic E-state index is 3.63. The largest absolute Gasteiger partial charge is 0.287 e. The molecule has 0 bridgehead atoms. The van der Waals surface area contributed by atoms with Crippen molar-refractivity contribution in [3.05, 3.63) is 0 Å². The normalized spacial score (nSPS) is 35.4. The summed E-state index contributed by atoms with van der Waals surface area (Å²) in [4.78, 5) is 1.69. The number of hydrogen-bond donors (Lipinski definition) is 1. The predicted octanol–water partition coefficient (Wildman–Crippen LogP) is 2.83. The minimum atomic E-state index is 0.610. The molecule has 2 unspecified atom stereocenters. The Hall–Kier alpha value is 0.180. The SMILES string of the molecule is CC(C)CC1=S(C2CC2(C)C)CCN1. The maximum Gasteiger partial charge on any atom is 0.0162 e. The zero-order chi connectivity index (χ0) is 10.3. The molecule has 2 aliphatic rings. The van der Waals surface area contributed by atoms with E-state index in [1.165, 1.54) is 25.1 Å². The molecule has 0 amide bonds. The average Bonchev–Trinajstić information content (AvgIpc) is 2.51. The van der Waals surface area contributed by atoms with Crippen molar-refractivity contribution in [3.8, 4) is 0 Å². The molecule has 82 valence electrons. The van der Waals surface area contributed by atoms with Gasteiger partial charge in [-0.3, -0.25) is 5.32 Å². The molecule has 14 heavy (non-hydrogen) atoms. The van der Waals surface area contributed by atoms with E-state index in [4.69, 9.17) is 0 Å². The Labute approximate surface area is 90.6 Å². The van der Waals surface area contributed by atoms with Crippen molar-refractivity contribution in [1.82, 2.24) is 5.32 Å². The van der Waals surface area contributed by atoms with E-state index in [0.717, 1.165) is 11.2 Å². The average molecular weight is 213 g/mol. The van der Waals surface area contributed by atoms with Crippen LogP contribution in [-0.2, 0) is 0 Å². The molecular weight excluding hydrogens is 190 g/mol. The van der Waals surface area contributed by atoms with Crippen molar-refractivity contribution >= 4 is 15.5 Å². The molecule has 2 heteroatoms. The van der Waals surface area contributed by atoms with Crippen LogP contribution in [0.4, 0.5) is 0 Å². The van der Waals surface area contributed by atoms with Crippen LogP contribution >= 0.6 is 10.5 Å². The van der Waals surface area contributed by atoms with Gasteiger partial charge in [-0.05, 0) is 24.2 Å². The first-order chi connectivity index (χ1) is 6.50. The standard InChI is InChI=1S/C12H23NS/c1-9(2)7-11-13-5-6-14(11)10-8-12(10,3)4/h9-10,13H,5-8H2,1-4H3. The number of hydrogen-bond acceptors (Lipinski definition) is 1. The maximum atomic E-state index is 3.63. The summed E-state index contributed by atoms with van der Waals surface area (Å²) in [6.45, 7) is 10.7. The molecule has 0 spiro atoms. The topological polar surface area (TPSA) is 12.0 Å². The van der Waals surface area contributed by atoms with Crippen LogP contribution in [0, 0.1) is 11.3 Å². The zero-order valence-corrected chi connectivity index (χ0v) is 10.7. The summed E-state index contributed by atoms with van der Waals surface area (Å²) in [6, 6.07) is 0. The second-order valence-corrected chi connectivity index (χ2v) is 8.09. The quantitative estimate of drug-likeness (QED) is 0.711. The Morgan fingerprint density at radius 2 is 2.14 bits per heavy atom. The Kier molecular flexibility index (Phi) is 2.78. The summed E-state index contributed by atoms with van der Waals surface area (Å²) in [5, 5.41) is 4.63. The fourth-order valence-corrected chi connectivity index (χ4v) is 5.72. The molecule has 0 radical (unpaired) electrons. The molecule has 1 heterocycles. The predicted molar refractivity (Wildman–Crippen MR) is 67.1 cm³/mol. The van der Waals surface area contributed by atoms with Crippen molar-refractivity contribution in [2.75, 3.05) is 12.3 Å². The summed E-state index contributed by atoms with van der Waals surface area (Å²) in [5.41, 5.74) is 0.650. The summed E-state index contributed by atoms with van der Waals surface area (Å²) < 4.78 is 0. The molecule has 1 N–H and O–H groups in total. The van der Waals surface area contributed by atoms with Crippen molar-refractivity contribution < 1.29 is 0 Å². The number of rotatable bonds is 3. The van der Waals surface area contributed by atoms with Crippen molar-refractivity contribution in [3.63, 3.8) is 0 Å². The molecule has 2 rings (SSSR count). The van der Waals surface area contributed by atoms with E-state index < -0.39 is 0 Å². The van der Waals surface area contributed by atoms with E-state index in [0.29, 0.717) is 15.9 Å². The Morgan fingerprint density at radius 3 is 2.64 bits per heavy atom. The van der Waals surface area contributed by atoms with Crippen LogP contribution in [0.2, 0.25) is 0 Å². The molecule has 1 aliphatic heterocycles. The fraction of sp³-hybridized carbons (Fsp3) is 0.917. The van der Waals surface area contributed by atoms with E-state index in [-0.39, 0.29) is 0 Å². The van der Waals surface area contributed by atoms with E-state index in [1.54, 1.807) is 4.99 Å². The van der Waals surface area contributed by atoms with Crippen molar-refractivity contribution in [1.29, 1.82) is 0 Å². The van der Waals surface area contributed by atoms with Crippen LogP contribution in [0.25, 0.3) is 0 Å². The van der Waals surface area contributed by atoms with Crippen molar-refractivity contribution in [2.24, 2.45) is 11.3 Å². The first-order valence-electron chi connectivity index (χ1n) is 5.80. The monoisotopic (exact) mass is 213 g/mol. The van der Waals surface area contributed by atoms with Gasteiger partial charge >= 0.3 is 0 Å². The van der Waals surface area contributed by atoms with Gasteiger partial charge in [0.2, 0.25) is 0 Å². The van der Waals surface area contributed by atoms with Crippen molar-refractivity contribution in [2.45, 2.75) is 45.8 Å². The smallest absolute Gasteiger partial charge is 0.0162 e. The molecule has 2 atom stereocenters. The van der Waals surface area contributed by atoms with Gasteiger partial charge in [0.25, 0.3) is 0 Å². The highest BCUT2D eigenvalue weighted by Gasteiger charge is 2.48. The molecular formula is C12H23NS. The van der Waals surface area contributed by atoms with Gasteiger partial charge in [0.1, 0.15) is 0 Å². The molecule has 1 aliphatic carbocycles. The van der Waals surface area contributed by atoms with Gasteiger partial charge in [-0.25, -0.2) is 0 Å². The van der Waals surface area contributed by atoms with Crippen LogP contribution in [0.1, 0.15) is 40.5 Å². The molecule has 1 fully saturated rings. The van der Waals surface area contributed by atoms with Gasteiger partial charge in [-0.2, -0.15) is 10.5 Å². The highest BCUT2D eigenvalue weighted by Crippen LogP contribution is 2.57. The molecule has 1 saturated carbocycles. The fourth-order valence-electron chi connectivity index (χ4n) is 2.28. The van der Waals surface area contributed by atoms with Gasteiger partial charge in [-0.1, -0.05) is 27.7 Å². The van der Waals surface area contributed by atoms with E-state index in [9.17, 15) is 0 Å². The molecule has 0 aromatic heterocycles. The van der Waals surface area contributed by atoms with E-state index in [2.05, 4.69) is 33.0 Å². The van der Waals surface area contributed by atoms with Gasteiger partial charge in [0, 0.05) is 22.5 Å². The van der Waals surface area contributed by atoms with E-state index >= 15 is 0 Å². The van der Waals surface area contributed by atoms with Gasteiger partial charge in [-0.15, -0.1) is 0 Å². The number of nitrogens with one attached hydrogen (secondary N) is 1.